The molecule has 1 aliphatic rings. The van der Waals surface area contributed by atoms with E-state index in [1.54, 1.807) is 0 Å². The van der Waals surface area contributed by atoms with Crippen molar-refractivity contribution in [3.05, 3.63) is 77.5 Å². The first kappa shape index (κ1) is 16.0. The van der Waals surface area contributed by atoms with Crippen molar-refractivity contribution in [1.29, 1.82) is 0 Å². The molecule has 3 heterocycles. The van der Waals surface area contributed by atoms with Gasteiger partial charge in [-0.2, -0.15) is 10.1 Å². The molecule has 2 aromatic carbocycles. The molecule has 0 bridgehead atoms. The molecule has 27 heavy (non-hydrogen) atoms. The van der Waals surface area contributed by atoms with Gasteiger partial charge in [-0.25, -0.2) is 0 Å². The van der Waals surface area contributed by atoms with Crippen molar-refractivity contribution in [2.24, 2.45) is 0 Å². The molecule has 0 spiro atoms. The van der Waals surface area contributed by atoms with Gasteiger partial charge < -0.3 is 9.26 Å². The van der Waals surface area contributed by atoms with Gasteiger partial charge in [-0.15, -0.1) is 0 Å². The first-order valence-corrected chi connectivity index (χ1v) is 8.91. The van der Waals surface area contributed by atoms with Crippen LogP contribution in [0.5, 0.6) is 0 Å². The van der Waals surface area contributed by atoms with E-state index in [-0.39, 0.29) is 6.10 Å². The summed E-state index contributed by atoms with van der Waals surface area (Å²) in [5.41, 5.74) is 4.92. The molecule has 0 fully saturated rings. The zero-order valence-corrected chi connectivity index (χ0v) is 14.9. The van der Waals surface area contributed by atoms with Crippen molar-refractivity contribution in [3.8, 4) is 23.0 Å². The lowest BCUT2D eigenvalue weighted by Crippen LogP contribution is -2.21. The van der Waals surface area contributed by atoms with Crippen LogP contribution < -0.4 is 0 Å². The SMILES string of the molecule is Cc1cccc(-c2noc(-c3cc4n(n3)C[C@@H](c3ccccc3)OC4)n2)c1. The maximum Gasteiger partial charge on any atom is 0.278 e. The number of aryl methyl sites for hydroxylation is 1. The molecule has 2 aromatic heterocycles. The van der Waals surface area contributed by atoms with Crippen molar-refractivity contribution in [2.45, 2.75) is 26.2 Å². The van der Waals surface area contributed by atoms with Gasteiger partial charge in [-0.1, -0.05) is 59.3 Å². The quantitative estimate of drug-likeness (QED) is 0.550. The van der Waals surface area contributed by atoms with E-state index in [2.05, 4.69) is 27.4 Å². The number of hydrogen-bond donors (Lipinski definition) is 0. The minimum absolute atomic E-state index is 0.00279. The van der Waals surface area contributed by atoms with Crippen molar-refractivity contribution < 1.29 is 9.26 Å². The Balaban J connectivity index is 1.41. The van der Waals surface area contributed by atoms with Gasteiger partial charge in [0.25, 0.3) is 5.89 Å². The van der Waals surface area contributed by atoms with E-state index in [1.165, 1.54) is 0 Å². The predicted molar refractivity (Wildman–Crippen MR) is 99.7 cm³/mol. The topological polar surface area (TPSA) is 66.0 Å². The van der Waals surface area contributed by atoms with Gasteiger partial charge in [-0.05, 0) is 24.6 Å². The van der Waals surface area contributed by atoms with Gasteiger partial charge in [0.2, 0.25) is 5.82 Å². The predicted octanol–water partition coefficient (Wildman–Crippen LogP) is 4.18. The van der Waals surface area contributed by atoms with E-state index >= 15 is 0 Å². The summed E-state index contributed by atoms with van der Waals surface area (Å²) in [4.78, 5) is 4.52. The van der Waals surface area contributed by atoms with Crippen LogP contribution in [-0.4, -0.2) is 19.9 Å². The molecule has 6 heteroatoms. The fourth-order valence-corrected chi connectivity index (χ4v) is 3.33. The summed E-state index contributed by atoms with van der Waals surface area (Å²) in [6.07, 6.45) is -0.00279. The maximum atomic E-state index is 6.00. The first-order valence-electron chi connectivity index (χ1n) is 8.91. The molecule has 0 aliphatic carbocycles. The van der Waals surface area contributed by atoms with Crippen LogP contribution in [0.15, 0.2) is 65.2 Å². The third-order valence-electron chi connectivity index (χ3n) is 4.73. The molecule has 0 saturated carbocycles. The molecule has 1 aliphatic heterocycles. The van der Waals surface area contributed by atoms with Crippen LogP contribution in [0.2, 0.25) is 0 Å². The average molecular weight is 358 g/mol. The third kappa shape index (κ3) is 3.04. The van der Waals surface area contributed by atoms with E-state index in [9.17, 15) is 0 Å². The van der Waals surface area contributed by atoms with Crippen LogP contribution in [0, 0.1) is 6.92 Å². The number of nitrogens with zero attached hydrogens (tertiary/aromatic N) is 4. The molecule has 134 valence electrons. The minimum atomic E-state index is -0.00279. The Morgan fingerprint density at radius 2 is 1.93 bits per heavy atom. The van der Waals surface area contributed by atoms with Gasteiger partial charge in [0.15, 0.2) is 5.69 Å². The van der Waals surface area contributed by atoms with Gasteiger partial charge in [0.1, 0.15) is 6.10 Å². The van der Waals surface area contributed by atoms with Gasteiger partial charge >= 0.3 is 0 Å². The summed E-state index contributed by atoms with van der Waals surface area (Å²) in [6.45, 7) is 3.21. The summed E-state index contributed by atoms with van der Waals surface area (Å²) in [5, 5.41) is 8.77. The van der Waals surface area contributed by atoms with Crippen molar-refractivity contribution >= 4 is 0 Å². The number of rotatable bonds is 3. The summed E-state index contributed by atoms with van der Waals surface area (Å²) >= 11 is 0. The number of aromatic nitrogens is 4. The van der Waals surface area contributed by atoms with Crippen molar-refractivity contribution in [3.63, 3.8) is 0 Å². The van der Waals surface area contributed by atoms with Gasteiger partial charge in [-0.3, -0.25) is 4.68 Å². The lowest BCUT2D eigenvalue weighted by Gasteiger charge is -2.24. The number of fused-ring (bicyclic) bond motifs is 1. The second-order valence-electron chi connectivity index (χ2n) is 6.71. The van der Waals surface area contributed by atoms with Crippen LogP contribution in [0.1, 0.15) is 22.9 Å². The molecule has 6 nitrogen and oxygen atoms in total. The van der Waals surface area contributed by atoms with E-state index in [1.807, 2.05) is 60.1 Å². The standard InChI is InChI=1S/C21H18N4O2/c1-14-6-5-9-16(10-14)20-22-21(27-24-20)18-11-17-13-26-19(12-25(17)23-18)15-7-3-2-4-8-15/h2-11,19H,12-13H2,1H3/t19-/m0/s1. The van der Waals surface area contributed by atoms with Gasteiger partial charge in [0, 0.05) is 5.56 Å². The number of benzene rings is 2. The van der Waals surface area contributed by atoms with E-state index in [0.29, 0.717) is 30.6 Å². The number of ether oxygens (including phenoxy) is 1. The van der Waals surface area contributed by atoms with Crippen molar-refractivity contribution in [2.75, 3.05) is 0 Å². The molecule has 4 aromatic rings. The molecular weight excluding hydrogens is 340 g/mol. The monoisotopic (exact) mass is 358 g/mol. The highest BCUT2D eigenvalue weighted by Crippen LogP contribution is 2.29. The zero-order chi connectivity index (χ0) is 18.2. The lowest BCUT2D eigenvalue weighted by atomic mass is 10.1. The highest BCUT2D eigenvalue weighted by Gasteiger charge is 2.24. The second-order valence-corrected chi connectivity index (χ2v) is 6.71. The van der Waals surface area contributed by atoms with E-state index in [4.69, 9.17) is 9.26 Å². The summed E-state index contributed by atoms with van der Waals surface area (Å²) < 4.78 is 13.4. The van der Waals surface area contributed by atoms with Crippen LogP contribution in [-0.2, 0) is 17.9 Å². The Hall–Kier alpha value is -3.25. The lowest BCUT2D eigenvalue weighted by molar-refractivity contribution is -0.00113. The molecule has 5 rings (SSSR count). The molecule has 0 N–H and O–H groups in total. The third-order valence-corrected chi connectivity index (χ3v) is 4.73. The van der Waals surface area contributed by atoms with Gasteiger partial charge in [0.05, 0.1) is 18.8 Å². The fraction of sp³-hybridized carbons (Fsp3) is 0.190. The first-order chi connectivity index (χ1) is 13.3. The number of hydrogen-bond acceptors (Lipinski definition) is 5. The minimum Gasteiger partial charge on any atom is -0.365 e. The molecule has 1 atom stereocenters. The summed E-state index contributed by atoms with van der Waals surface area (Å²) in [6, 6.07) is 20.2. The summed E-state index contributed by atoms with van der Waals surface area (Å²) in [5.74, 6) is 0.989. The maximum absolute atomic E-state index is 6.00. The zero-order valence-electron chi connectivity index (χ0n) is 14.9. The molecular formula is C21H18N4O2. The van der Waals surface area contributed by atoms with Crippen LogP contribution in [0.25, 0.3) is 23.0 Å². The smallest absolute Gasteiger partial charge is 0.278 e. The Morgan fingerprint density at radius 1 is 1.04 bits per heavy atom. The largest absolute Gasteiger partial charge is 0.365 e. The van der Waals surface area contributed by atoms with Crippen LogP contribution in [0.4, 0.5) is 0 Å². The second kappa shape index (κ2) is 6.48. The van der Waals surface area contributed by atoms with E-state index < -0.39 is 0 Å². The van der Waals surface area contributed by atoms with E-state index in [0.717, 1.165) is 22.4 Å². The molecule has 0 saturated heterocycles. The average Bonchev–Trinajstić information content (AvgIpc) is 3.35. The fourth-order valence-electron chi connectivity index (χ4n) is 3.33. The molecule has 0 radical (unpaired) electrons. The normalized spacial score (nSPS) is 16.3. The Kier molecular flexibility index (Phi) is 3.83. The summed E-state index contributed by atoms with van der Waals surface area (Å²) in [7, 11) is 0. The Labute approximate surface area is 156 Å². The Bertz CT molecular complexity index is 1080. The highest BCUT2D eigenvalue weighted by molar-refractivity contribution is 5.58. The Morgan fingerprint density at radius 3 is 2.78 bits per heavy atom. The molecule has 0 amide bonds. The van der Waals surface area contributed by atoms with Crippen LogP contribution >= 0.6 is 0 Å². The van der Waals surface area contributed by atoms with Crippen LogP contribution in [0.3, 0.4) is 0 Å². The highest BCUT2D eigenvalue weighted by atomic mass is 16.5. The van der Waals surface area contributed by atoms with Crippen molar-refractivity contribution in [1.82, 2.24) is 19.9 Å². The molecule has 0 unspecified atom stereocenters.